The van der Waals surface area contributed by atoms with E-state index in [2.05, 4.69) is 73.6 Å². The second kappa shape index (κ2) is 5.49. The van der Waals surface area contributed by atoms with Crippen molar-refractivity contribution in [3.8, 4) is 16.9 Å². The number of benzene rings is 3. The molecule has 0 saturated heterocycles. The number of hydrogen-bond acceptors (Lipinski definition) is 2. The van der Waals surface area contributed by atoms with Gasteiger partial charge in [-0.05, 0) is 52.2 Å². The molecule has 0 radical (unpaired) electrons. The SMILES string of the molecule is COc1ccc2cc(-c3ccc(N(C)C)cc3)ccc2c1. The van der Waals surface area contributed by atoms with Crippen LogP contribution in [0.3, 0.4) is 0 Å². The Balaban J connectivity index is 2.00. The molecule has 3 rings (SSSR count). The largest absolute Gasteiger partial charge is 0.497 e. The average Bonchev–Trinajstić information content (AvgIpc) is 2.54. The van der Waals surface area contributed by atoms with E-state index in [0.717, 1.165) is 5.75 Å². The molecule has 0 saturated carbocycles. The van der Waals surface area contributed by atoms with E-state index in [1.807, 2.05) is 6.07 Å². The molecular formula is C19H19NO. The molecule has 0 aromatic heterocycles. The van der Waals surface area contributed by atoms with Crippen LogP contribution in [0.15, 0.2) is 60.7 Å². The quantitative estimate of drug-likeness (QED) is 0.694. The van der Waals surface area contributed by atoms with Gasteiger partial charge in [0.25, 0.3) is 0 Å². The lowest BCUT2D eigenvalue weighted by atomic mass is 10.0. The minimum atomic E-state index is 0.894. The van der Waals surface area contributed by atoms with Gasteiger partial charge in [-0.3, -0.25) is 0 Å². The molecule has 0 spiro atoms. The van der Waals surface area contributed by atoms with Gasteiger partial charge in [-0.1, -0.05) is 30.3 Å². The van der Waals surface area contributed by atoms with E-state index in [9.17, 15) is 0 Å². The summed E-state index contributed by atoms with van der Waals surface area (Å²) >= 11 is 0. The molecule has 106 valence electrons. The van der Waals surface area contributed by atoms with Gasteiger partial charge in [0, 0.05) is 19.8 Å². The van der Waals surface area contributed by atoms with Crippen LogP contribution in [0.5, 0.6) is 5.75 Å². The third-order valence-corrected chi connectivity index (χ3v) is 3.76. The molecule has 3 aromatic rings. The summed E-state index contributed by atoms with van der Waals surface area (Å²) in [5.74, 6) is 0.894. The monoisotopic (exact) mass is 277 g/mol. The van der Waals surface area contributed by atoms with E-state index < -0.39 is 0 Å². The fourth-order valence-electron chi connectivity index (χ4n) is 2.48. The Hall–Kier alpha value is -2.48. The Kier molecular flexibility index (Phi) is 3.53. The Morgan fingerprint density at radius 2 is 1.33 bits per heavy atom. The van der Waals surface area contributed by atoms with Gasteiger partial charge >= 0.3 is 0 Å². The molecule has 0 aliphatic heterocycles. The first kappa shape index (κ1) is 13.5. The van der Waals surface area contributed by atoms with Crippen LogP contribution in [0.2, 0.25) is 0 Å². The summed E-state index contributed by atoms with van der Waals surface area (Å²) in [6.45, 7) is 0. The maximum atomic E-state index is 5.27. The molecule has 0 heterocycles. The lowest BCUT2D eigenvalue weighted by Crippen LogP contribution is -2.07. The van der Waals surface area contributed by atoms with Crippen molar-refractivity contribution in [2.45, 2.75) is 0 Å². The van der Waals surface area contributed by atoms with Gasteiger partial charge in [0.1, 0.15) is 5.75 Å². The number of nitrogens with zero attached hydrogens (tertiary/aromatic N) is 1. The first-order valence-corrected chi connectivity index (χ1v) is 7.03. The molecule has 0 aliphatic rings. The molecule has 0 atom stereocenters. The Bertz CT molecular complexity index is 760. The molecule has 0 aliphatic carbocycles. The van der Waals surface area contributed by atoms with E-state index in [-0.39, 0.29) is 0 Å². The van der Waals surface area contributed by atoms with Crippen molar-refractivity contribution in [3.05, 3.63) is 60.7 Å². The fourth-order valence-corrected chi connectivity index (χ4v) is 2.48. The molecule has 0 N–H and O–H groups in total. The summed E-state index contributed by atoms with van der Waals surface area (Å²) in [7, 11) is 5.80. The van der Waals surface area contributed by atoms with Gasteiger partial charge in [-0.2, -0.15) is 0 Å². The molecule has 0 bridgehead atoms. The number of fused-ring (bicyclic) bond motifs is 1. The third kappa shape index (κ3) is 2.70. The maximum absolute atomic E-state index is 5.27. The van der Waals surface area contributed by atoms with Crippen LogP contribution in [0.4, 0.5) is 5.69 Å². The Morgan fingerprint density at radius 1 is 0.714 bits per heavy atom. The van der Waals surface area contributed by atoms with Gasteiger partial charge in [0.2, 0.25) is 0 Å². The first-order chi connectivity index (χ1) is 10.2. The molecule has 3 aromatic carbocycles. The third-order valence-electron chi connectivity index (χ3n) is 3.76. The van der Waals surface area contributed by atoms with E-state index in [0.29, 0.717) is 0 Å². The Labute approximate surface area is 125 Å². The minimum Gasteiger partial charge on any atom is -0.497 e. The van der Waals surface area contributed by atoms with Gasteiger partial charge in [-0.25, -0.2) is 0 Å². The molecular weight excluding hydrogens is 258 g/mol. The molecule has 21 heavy (non-hydrogen) atoms. The first-order valence-electron chi connectivity index (χ1n) is 7.03. The summed E-state index contributed by atoms with van der Waals surface area (Å²) in [5.41, 5.74) is 3.68. The summed E-state index contributed by atoms with van der Waals surface area (Å²) in [4.78, 5) is 2.11. The smallest absolute Gasteiger partial charge is 0.119 e. The van der Waals surface area contributed by atoms with Gasteiger partial charge < -0.3 is 9.64 Å². The van der Waals surface area contributed by atoms with Crippen molar-refractivity contribution in [1.29, 1.82) is 0 Å². The van der Waals surface area contributed by atoms with E-state index >= 15 is 0 Å². The van der Waals surface area contributed by atoms with Gasteiger partial charge in [0.15, 0.2) is 0 Å². The average molecular weight is 277 g/mol. The van der Waals surface area contributed by atoms with Crippen LogP contribution < -0.4 is 9.64 Å². The molecule has 0 unspecified atom stereocenters. The number of methoxy groups -OCH3 is 1. The summed E-state index contributed by atoms with van der Waals surface area (Å²) < 4.78 is 5.27. The fraction of sp³-hybridized carbons (Fsp3) is 0.158. The lowest BCUT2D eigenvalue weighted by molar-refractivity contribution is 0.415. The van der Waals surface area contributed by atoms with Crippen molar-refractivity contribution in [2.24, 2.45) is 0 Å². The number of anilines is 1. The highest BCUT2D eigenvalue weighted by molar-refractivity contribution is 5.88. The van der Waals surface area contributed by atoms with E-state index in [1.54, 1.807) is 7.11 Å². The van der Waals surface area contributed by atoms with Gasteiger partial charge in [0.05, 0.1) is 7.11 Å². The molecule has 0 fully saturated rings. The van der Waals surface area contributed by atoms with Crippen LogP contribution in [-0.2, 0) is 0 Å². The highest BCUT2D eigenvalue weighted by atomic mass is 16.5. The van der Waals surface area contributed by atoms with Crippen molar-refractivity contribution >= 4 is 16.5 Å². The molecule has 2 heteroatoms. The van der Waals surface area contributed by atoms with Gasteiger partial charge in [-0.15, -0.1) is 0 Å². The number of rotatable bonds is 3. The molecule has 0 amide bonds. The zero-order valence-electron chi connectivity index (χ0n) is 12.6. The molecule has 2 nitrogen and oxygen atoms in total. The highest BCUT2D eigenvalue weighted by Crippen LogP contribution is 2.28. The second-order valence-corrected chi connectivity index (χ2v) is 5.37. The number of ether oxygens (including phenoxy) is 1. The van der Waals surface area contributed by atoms with Crippen LogP contribution in [0, 0.1) is 0 Å². The predicted molar refractivity (Wildman–Crippen MR) is 90.3 cm³/mol. The summed E-state index contributed by atoms with van der Waals surface area (Å²) in [6, 6.07) is 21.3. The normalized spacial score (nSPS) is 10.6. The van der Waals surface area contributed by atoms with Crippen LogP contribution in [-0.4, -0.2) is 21.2 Å². The second-order valence-electron chi connectivity index (χ2n) is 5.37. The standard InChI is InChI=1S/C19H19NO/c1-20(2)18-9-6-14(7-10-18)15-4-5-17-13-19(21-3)11-8-16(17)12-15/h4-13H,1-3H3. The predicted octanol–water partition coefficient (Wildman–Crippen LogP) is 4.58. The van der Waals surface area contributed by atoms with Crippen molar-refractivity contribution < 1.29 is 4.74 Å². The number of hydrogen-bond donors (Lipinski definition) is 0. The highest BCUT2D eigenvalue weighted by Gasteiger charge is 2.02. The lowest BCUT2D eigenvalue weighted by Gasteiger charge is -2.13. The van der Waals surface area contributed by atoms with E-state index in [1.165, 1.54) is 27.6 Å². The Morgan fingerprint density at radius 3 is 2.00 bits per heavy atom. The van der Waals surface area contributed by atoms with Crippen LogP contribution in [0.1, 0.15) is 0 Å². The zero-order valence-corrected chi connectivity index (χ0v) is 12.6. The van der Waals surface area contributed by atoms with Crippen molar-refractivity contribution in [2.75, 3.05) is 26.1 Å². The van der Waals surface area contributed by atoms with Crippen molar-refractivity contribution in [1.82, 2.24) is 0 Å². The summed E-state index contributed by atoms with van der Waals surface area (Å²) in [5, 5.41) is 2.42. The minimum absolute atomic E-state index is 0.894. The zero-order chi connectivity index (χ0) is 14.8. The van der Waals surface area contributed by atoms with Crippen molar-refractivity contribution in [3.63, 3.8) is 0 Å². The van der Waals surface area contributed by atoms with E-state index in [4.69, 9.17) is 4.74 Å². The summed E-state index contributed by atoms with van der Waals surface area (Å²) in [6.07, 6.45) is 0. The van der Waals surface area contributed by atoms with Crippen LogP contribution in [0.25, 0.3) is 21.9 Å². The maximum Gasteiger partial charge on any atom is 0.119 e. The topological polar surface area (TPSA) is 12.5 Å². The van der Waals surface area contributed by atoms with Crippen LogP contribution >= 0.6 is 0 Å².